The minimum absolute atomic E-state index is 0.0240. The van der Waals surface area contributed by atoms with Gasteiger partial charge in [-0.3, -0.25) is 0 Å². The molecule has 2 aromatic rings. The number of halogens is 5. The summed E-state index contributed by atoms with van der Waals surface area (Å²) in [5.74, 6) is 0.0984. The fourth-order valence-electron chi connectivity index (χ4n) is 1.54. The minimum Gasteiger partial charge on any atom is -0.438 e. The summed E-state index contributed by atoms with van der Waals surface area (Å²) in [5, 5.41) is -0.393. The van der Waals surface area contributed by atoms with E-state index in [9.17, 15) is 13.2 Å². The zero-order valence-corrected chi connectivity index (χ0v) is 13.0. The summed E-state index contributed by atoms with van der Waals surface area (Å²) in [6, 6.07) is 4.84. The number of ether oxygens (including phenoxy) is 1. The Morgan fingerprint density at radius 3 is 2.57 bits per heavy atom. The lowest BCUT2D eigenvalue weighted by atomic mass is 10.2. The Labute approximate surface area is 132 Å². The molecule has 0 unspecified atom stereocenters. The lowest BCUT2D eigenvalue weighted by Crippen LogP contribution is -2.06. The molecule has 0 saturated carbocycles. The van der Waals surface area contributed by atoms with Gasteiger partial charge in [-0.1, -0.05) is 11.6 Å². The van der Waals surface area contributed by atoms with E-state index in [2.05, 4.69) is 20.9 Å². The highest BCUT2D eigenvalue weighted by atomic mass is 79.9. The molecule has 1 heterocycles. The van der Waals surface area contributed by atoms with Crippen molar-refractivity contribution in [1.82, 2.24) is 4.98 Å². The van der Waals surface area contributed by atoms with Crippen molar-refractivity contribution in [3.05, 3.63) is 45.0 Å². The average Bonchev–Trinajstić information content (AvgIpc) is 2.37. The largest absolute Gasteiger partial charge is 0.438 e. The zero-order valence-electron chi connectivity index (χ0n) is 10.6. The van der Waals surface area contributed by atoms with E-state index in [0.29, 0.717) is 15.9 Å². The molecule has 0 amide bonds. The third kappa shape index (κ3) is 3.59. The number of hydrogen-bond donors (Lipinski definition) is 1. The predicted molar refractivity (Wildman–Crippen MR) is 77.6 cm³/mol. The highest BCUT2D eigenvalue weighted by molar-refractivity contribution is 9.10. The van der Waals surface area contributed by atoms with Crippen LogP contribution in [0.1, 0.15) is 11.3 Å². The van der Waals surface area contributed by atoms with Crippen molar-refractivity contribution >= 4 is 33.2 Å². The van der Waals surface area contributed by atoms with Crippen LogP contribution in [0.4, 0.5) is 18.9 Å². The summed E-state index contributed by atoms with van der Waals surface area (Å²) in [6.45, 7) is 1.66. The van der Waals surface area contributed by atoms with Crippen LogP contribution in [0.15, 0.2) is 28.7 Å². The summed E-state index contributed by atoms with van der Waals surface area (Å²) in [5.41, 5.74) is 5.66. The Morgan fingerprint density at radius 1 is 1.29 bits per heavy atom. The number of aromatic nitrogens is 1. The van der Waals surface area contributed by atoms with Crippen LogP contribution in [0.2, 0.25) is 5.02 Å². The van der Waals surface area contributed by atoms with Crippen LogP contribution in [0.25, 0.3) is 0 Å². The molecule has 1 aromatic carbocycles. The first kappa shape index (κ1) is 15.9. The zero-order chi connectivity index (χ0) is 15.8. The topological polar surface area (TPSA) is 48.1 Å². The van der Waals surface area contributed by atoms with Gasteiger partial charge in [0.2, 0.25) is 5.88 Å². The Bertz CT molecular complexity index is 692. The number of hydrogen-bond acceptors (Lipinski definition) is 3. The summed E-state index contributed by atoms with van der Waals surface area (Å²) in [6.07, 6.45) is -4.56. The molecule has 0 aliphatic carbocycles. The second-order valence-corrected chi connectivity index (χ2v) is 5.45. The van der Waals surface area contributed by atoms with Gasteiger partial charge in [0.1, 0.15) is 5.75 Å². The first-order chi connectivity index (χ1) is 9.68. The second kappa shape index (κ2) is 5.73. The first-order valence-corrected chi connectivity index (χ1v) is 6.83. The summed E-state index contributed by atoms with van der Waals surface area (Å²) >= 11 is 8.74. The molecule has 0 aliphatic rings. The van der Waals surface area contributed by atoms with Crippen LogP contribution in [-0.4, -0.2) is 4.98 Å². The van der Waals surface area contributed by atoms with Crippen molar-refractivity contribution in [2.45, 2.75) is 13.1 Å². The molecular weight excluding hydrogens is 373 g/mol. The highest BCUT2D eigenvalue weighted by Gasteiger charge is 2.33. The third-order valence-electron chi connectivity index (χ3n) is 2.63. The Kier molecular flexibility index (Phi) is 4.34. The molecule has 1 aromatic heterocycles. The van der Waals surface area contributed by atoms with E-state index in [1.807, 2.05) is 0 Å². The van der Waals surface area contributed by atoms with Gasteiger partial charge in [0.15, 0.2) is 0 Å². The van der Waals surface area contributed by atoms with E-state index in [1.165, 1.54) is 6.07 Å². The molecule has 0 spiro atoms. The van der Waals surface area contributed by atoms with E-state index < -0.39 is 16.8 Å². The van der Waals surface area contributed by atoms with Gasteiger partial charge in [-0.25, -0.2) is 4.98 Å². The molecule has 0 fully saturated rings. The number of anilines is 1. The molecule has 0 saturated heterocycles. The van der Waals surface area contributed by atoms with Crippen molar-refractivity contribution in [1.29, 1.82) is 0 Å². The highest BCUT2D eigenvalue weighted by Crippen LogP contribution is 2.38. The number of rotatable bonds is 2. The number of pyridine rings is 1. The second-order valence-electron chi connectivity index (χ2n) is 4.19. The van der Waals surface area contributed by atoms with Crippen LogP contribution in [0.5, 0.6) is 11.6 Å². The van der Waals surface area contributed by atoms with Crippen LogP contribution < -0.4 is 10.5 Å². The lowest BCUT2D eigenvalue weighted by Gasteiger charge is -2.12. The molecule has 0 atom stereocenters. The maximum atomic E-state index is 12.8. The SMILES string of the molecule is Cc1nc(Oc2ccc(Cl)c(C(F)(F)F)c2)c(Br)cc1N. The predicted octanol–water partition coefficient (Wildman–Crippen LogP) is 5.20. The van der Waals surface area contributed by atoms with Gasteiger partial charge in [0, 0.05) is 0 Å². The fourth-order valence-corrected chi connectivity index (χ4v) is 2.18. The van der Waals surface area contributed by atoms with Gasteiger partial charge in [-0.05, 0) is 47.1 Å². The van der Waals surface area contributed by atoms with E-state index >= 15 is 0 Å². The van der Waals surface area contributed by atoms with E-state index in [-0.39, 0.29) is 11.6 Å². The Balaban J connectivity index is 2.39. The molecule has 3 nitrogen and oxygen atoms in total. The fraction of sp³-hybridized carbons (Fsp3) is 0.154. The monoisotopic (exact) mass is 380 g/mol. The molecule has 112 valence electrons. The summed E-state index contributed by atoms with van der Waals surface area (Å²) < 4.78 is 44.1. The van der Waals surface area contributed by atoms with Crippen LogP contribution in [0, 0.1) is 6.92 Å². The Morgan fingerprint density at radius 2 is 1.95 bits per heavy atom. The van der Waals surface area contributed by atoms with Gasteiger partial charge in [-0.15, -0.1) is 0 Å². The lowest BCUT2D eigenvalue weighted by molar-refractivity contribution is -0.137. The van der Waals surface area contributed by atoms with E-state index in [4.69, 9.17) is 22.1 Å². The molecule has 21 heavy (non-hydrogen) atoms. The molecule has 0 aliphatic heterocycles. The number of aryl methyl sites for hydroxylation is 1. The smallest absolute Gasteiger partial charge is 0.417 e. The number of alkyl halides is 3. The van der Waals surface area contributed by atoms with Gasteiger partial charge in [-0.2, -0.15) is 13.2 Å². The molecule has 8 heteroatoms. The Hall–Kier alpha value is -1.47. The quantitative estimate of drug-likeness (QED) is 0.778. The third-order valence-corrected chi connectivity index (χ3v) is 3.53. The van der Waals surface area contributed by atoms with Crippen LogP contribution in [-0.2, 0) is 6.18 Å². The van der Waals surface area contributed by atoms with Crippen molar-refractivity contribution in [3.63, 3.8) is 0 Å². The van der Waals surface area contributed by atoms with Gasteiger partial charge >= 0.3 is 6.18 Å². The first-order valence-electron chi connectivity index (χ1n) is 5.65. The van der Waals surface area contributed by atoms with Gasteiger partial charge in [0.25, 0.3) is 0 Å². The van der Waals surface area contributed by atoms with Crippen LogP contribution >= 0.6 is 27.5 Å². The molecule has 0 radical (unpaired) electrons. The van der Waals surface area contributed by atoms with Crippen molar-refractivity contribution < 1.29 is 17.9 Å². The van der Waals surface area contributed by atoms with E-state index in [1.54, 1.807) is 13.0 Å². The van der Waals surface area contributed by atoms with Crippen molar-refractivity contribution in [2.24, 2.45) is 0 Å². The number of nitrogens with zero attached hydrogens (tertiary/aromatic N) is 1. The summed E-state index contributed by atoms with van der Waals surface area (Å²) in [7, 11) is 0. The molecule has 2 rings (SSSR count). The van der Waals surface area contributed by atoms with Crippen molar-refractivity contribution in [2.75, 3.05) is 5.73 Å². The summed E-state index contributed by atoms with van der Waals surface area (Å²) in [4.78, 5) is 4.07. The van der Waals surface area contributed by atoms with E-state index in [0.717, 1.165) is 12.1 Å². The maximum Gasteiger partial charge on any atom is 0.417 e. The van der Waals surface area contributed by atoms with Crippen molar-refractivity contribution in [3.8, 4) is 11.6 Å². The number of nitrogen functional groups attached to an aromatic ring is 1. The molecular formula is C13H9BrClF3N2O. The van der Waals surface area contributed by atoms with Crippen LogP contribution in [0.3, 0.4) is 0 Å². The number of benzene rings is 1. The standard InChI is InChI=1S/C13H9BrClF3N2O/c1-6-11(19)5-9(14)12(20-6)21-7-2-3-10(15)8(4-7)13(16,17)18/h2-5H,19H2,1H3. The average molecular weight is 382 g/mol. The normalized spacial score (nSPS) is 11.5. The maximum absolute atomic E-state index is 12.8. The number of nitrogens with two attached hydrogens (primary N) is 1. The minimum atomic E-state index is -4.56. The van der Waals surface area contributed by atoms with Gasteiger partial charge in [0.05, 0.1) is 26.4 Å². The van der Waals surface area contributed by atoms with Gasteiger partial charge < -0.3 is 10.5 Å². The molecule has 2 N–H and O–H groups in total. The molecule has 0 bridgehead atoms.